The lowest BCUT2D eigenvalue weighted by atomic mass is 10.1. The van der Waals surface area contributed by atoms with Crippen LogP contribution >= 0.6 is 0 Å². The van der Waals surface area contributed by atoms with Gasteiger partial charge in [0, 0.05) is 17.8 Å². The van der Waals surface area contributed by atoms with Gasteiger partial charge in [0.25, 0.3) is 5.56 Å². The SMILES string of the molecule is O=c1cccc(-c2ccc3c(c2)OCO3)n1-c1ccccn1. The number of nitrogens with zero attached hydrogens (tertiary/aromatic N) is 2. The molecule has 1 aliphatic heterocycles. The lowest BCUT2D eigenvalue weighted by Gasteiger charge is -2.12. The third kappa shape index (κ3) is 2.03. The zero-order valence-electron chi connectivity index (χ0n) is 11.6. The second kappa shape index (κ2) is 5.04. The number of hydrogen-bond acceptors (Lipinski definition) is 4. The number of ether oxygens (including phenoxy) is 2. The molecule has 0 bridgehead atoms. The summed E-state index contributed by atoms with van der Waals surface area (Å²) in [5.41, 5.74) is 1.49. The van der Waals surface area contributed by atoms with Gasteiger partial charge in [0.05, 0.1) is 5.69 Å². The zero-order chi connectivity index (χ0) is 14.9. The van der Waals surface area contributed by atoms with Crippen molar-refractivity contribution in [1.82, 2.24) is 9.55 Å². The maximum Gasteiger partial charge on any atom is 0.256 e. The molecular formula is C17H12N2O3. The molecule has 1 aliphatic rings. The fourth-order valence-electron chi connectivity index (χ4n) is 2.49. The van der Waals surface area contributed by atoms with Gasteiger partial charge >= 0.3 is 0 Å². The normalized spacial score (nSPS) is 12.4. The largest absolute Gasteiger partial charge is 0.454 e. The summed E-state index contributed by atoms with van der Waals surface area (Å²) in [4.78, 5) is 16.6. The quantitative estimate of drug-likeness (QED) is 0.728. The van der Waals surface area contributed by atoms with Crippen LogP contribution in [0.15, 0.2) is 65.6 Å². The van der Waals surface area contributed by atoms with Gasteiger partial charge in [0.1, 0.15) is 5.82 Å². The molecular weight excluding hydrogens is 280 g/mol. The van der Waals surface area contributed by atoms with Gasteiger partial charge in [-0.25, -0.2) is 4.98 Å². The van der Waals surface area contributed by atoms with E-state index in [1.165, 1.54) is 6.07 Å². The van der Waals surface area contributed by atoms with Crippen molar-refractivity contribution >= 4 is 0 Å². The monoisotopic (exact) mass is 292 g/mol. The van der Waals surface area contributed by atoms with E-state index in [0.717, 1.165) is 11.3 Å². The third-order valence-corrected chi connectivity index (χ3v) is 3.50. The molecule has 0 spiro atoms. The second-order valence-corrected chi connectivity index (χ2v) is 4.84. The molecule has 108 valence electrons. The Morgan fingerprint density at radius 2 is 1.86 bits per heavy atom. The van der Waals surface area contributed by atoms with Crippen LogP contribution in [0.2, 0.25) is 0 Å². The molecule has 1 aromatic carbocycles. The number of fused-ring (bicyclic) bond motifs is 1. The molecule has 0 radical (unpaired) electrons. The van der Waals surface area contributed by atoms with Gasteiger partial charge < -0.3 is 9.47 Å². The van der Waals surface area contributed by atoms with E-state index < -0.39 is 0 Å². The Morgan fingerprint density at radius 1 is 0.955 bits per heavy atom. The molecule has 0 atom stereocenters. The predicted molar refractivity (Wildman–Crippen MR) is 81.4 cm³/mol. The van der Waals surface area contributed by atoms with Crippen LogP contribution in [-0.2, 0) is 0 Å². The minimum atomic E-state index is -0.131. The fraction of sp³-hybridized carbons (Fsp3) is 0.0588. The molecule has 0 unspecified atom stereocenters. The van der Waals surface area contributed by atoms with Crippen molar-refractivity contribution in [1.29, 1.82) is 0 Å². The summed E-state index contributed by atoms with van der Waals surface area (Å²) < 4.78 is 12.3. The van der Waals surface area contributed by atoms with Gasteiger partial charge in [0.2, 0.25) is 6.79 Å². The highest BCUT2D eigenvalue weighted by molar-refractivity contribution is 5.66. The number of rotatable bonds is 2. The smallest absolute Gasteiger partial charge is 0.256 e. The molecule has 0 fully saturated rings. The van der Waals surface area contributed by atoms with E-state index in [1.807, 2.05) is 36.4 Å². The molecule has 0 saturated heterocycles. The first-order valence-electron chi connectivity index (χ1n) is 6.86. The molecule has 5 nitrogen and oxygen atoms in total. The van der Waals surface area contributed by atoms with Crippen molar-refractivity contribution in [3.63, 3.8) is 0 Å². The van der Waals surface area contributed by atoms with Crippen LogP contribution in [0.1, 0.15) is 0 Å². The van der Waals surface area contributed by atoms with Gasteiger partial charge in [-0.05, 0) is 36.4 Å². The van der Waals surface area contributed by atoms with Crippen LogP contribution in [0.4, 0.5) is 0 Å². The first kappa shape index (κ1) is 12.6. The maximum atomic E-state index is 12.3. The summed E-state index contributed by atoms with van der Waals surface area (Å²) in [5, 5.41) is 0. The Kier molecular flexibility index (Phi) is 2.89. The molecule has 22 heavy (non-hydrogen) atoms. The van der Waals surface area contributed by atoms with Crippen LogP contribution in [-0.4, -0.2) is 16.3 Å². The number of aromatic nitrogens is 2. The predicted octanol–water partition coefficient (Wildman–Crippen LogP) is 2.63. The minimum Gasteiger partial charge on any atom is -0.454 e. The van der Waals surface area contributed by atoms with E-state index in [-0.39, 0.29) is 12.4 Å². The average molecular weight is 292 g/mol. The molecule has 2 aromatic heterocycles. The van der Waals surface area contributed by atoms with E-state index in [1.54, 1.807) is 22.9 Å². The van der Waals surface area contributed by atoms with Crippen LogP contribution in [0.3, 0.4) is 0 Å². The first-order valence-corrected chi connectivity index (χ1v) is 6.86. The summed E-state index contributed by atoms with van der Waals surface area (Å²) in [7, 11) is 0. The van der Waals surface area contributed by atoms with E-state index in [2.05, 4.69) is 4.98 Å². The molecule has 3 aromatic rings. The van der Waals surface area contributed by atoms with Gasteiger partial charge in [-0.15, -0.1) is 0 Å². The maximum absolute atomic E-state index is 12.3. The van der Waals surface area contributed by atoms with E-state index in [4.69, 9.17) is 9.47 Å². The molecule has 0 N–H and O–H groups in total. The highest BCUT2D eigenvalue weighted by Crippen LogP contribution is 2.35. The summed E-state index contributed by atoms with van der Waals surface area (Å²) in [6.45, 7) is 0.223. The van der Waals surface area contributed by atoms with Crippen molar-refractivity contribution in [3.8, 4) is 28.6 Å². The van der Waals surface area contributed by atoms with Crippen molar-refractivity contribution in [2.24, 2.45) is 0 Å². The standard InChI is InChI=1S/C17H12N2O3/c20-17-6-3-4-13(19(17)16-5-1-2-9-18-16)12-7-8-14-15(10-12)22-11-21-14/h1-10H,11H2. The van der Waals surface area contributed by atoms with Crippen molar-refractivity contribution in [3.05, 3.63) is 71.1 Å². The van der Waals surface area contributed by atoms with E-state index in [0.29, 0.717) is 17.3 Å². The molecule has 0 aliphatic carbocycles. The molecule has 3 heterocycles. The zero-order valence-corrected chi connectivity index (χ0v) is 11.6. The lowest BCUT2D eigenvalue weighted by Crippen LogP contribution is -2.19. The molecule has 5 heteroatoms. The average Bonchev–Trinajstić information content (AvgIpc) is 3.03. The Balaban J connectivity index is 1.93. The van der Waals surface area contributed by atoms with Crippen LogP contribution in [0, 0.1) is 0 Å². The van der Waals surface area contributed by atoms with Crippen molar-refractivity contribution in [2.45, 2.75) is 0 Å². The Morgan fingerprint density at radius 3 is 2.73 bits per heavy atom. The third-order valence-electron chi connectivity index (χ3n) is 3.50. The summed E-state index contributed by atoms with van der Waals surface area (Å²) in [6, 6.07) is 16.2. The Bertz CT molecular complexity index is 888. The topological polar surface area (TPSA) is 53.4 Å². The Hall–Kier alpha value is -3.08. The first-order chi connectivity index (χ1) is 10.8. The summed E-state index contributed by atoms with van der Waals surface area (Å²) in [6.07, 6.45) is 1.66. The molecule has 4 rings (SSSR count). The summed E-state index contributed by atoms with van der Waals surface area (Å²) >= 11 is 0. The number of hydrogen-bond donors (Lipinski definition) is 0. The van der Waals surface area contributed by atoms with Crippen molar-refractivity contribution < 1.29 is 9.47 Å². The van der Waals surface area contributed by atoms with Gasteiger partial charge in [0.15, 0.2) is 11.5 Å². The van der Waals surface area contributed by atoms with Crippen LogP contribution in [0.25, 0.3) is 17.1 Å². The second-order valence-electron chi connectivity index (χ2n) is 4.84. The minimum absolute atomic E-state index is 0.131. The van der Waals surface area contributed by atoms with Gasteiger partial charge in [-0.1, -0.05) is 12.1 Å². The molecule has 0 saturated carbocycles. The lowest BCUT2D eigenvalue weighted by molar-refractivity contribution is 0.174. The number of benzene rings is 1. The van der Waals surface area contributed by atoms with Crippen LogP contribution in [0.5, 0.6) is 11.5 Å². The van der Waals surface area contributed by atoms with E-state index in [9.17, 15) is 4.79 Å². The fourth-order valence-corrected chi connectivity index (χ4v) is 2.49. The highest BCUT2D eigenvalue weighted by Gasteiger charge is 2.16. The van der Waals surface area contributed by atoms with E-state index >= 15 is 0 Å². The highest BCUT2D eigenvalue weighted by atomic mass is 16.7. The van der Waals surface area contributed by atoms with Gasteiger partial charge in [-0.2, -0.15) is 0 Å². The van der Waals surface area contributed by atoms with Gasteiger partial charge in [-0.3, -0.25) is 9.36 Å². The Labute approximate surface area is 126 Å². The van der Waals surface area contributed by atoms with Crippen LogP contribution < -0.4 is 15.0 Å². The van der Waals surface area contributed by atoms with Crippen molar-refractivity contribution in [2.75, 3.05) is 6.79 Å². The summed E-state index contributed by atoms with van der Waals surface area (Å²) in [5.74, 6) is 1.98. The number of pyridine rings is 2. The molecule has 0 amide bonds.